The van der Waals surface area contributed by atoms with Gasteiger partial charge < -0.3 is 84.5 Å². The number of aromatic amines is 6. The number of aromatic nitrogens is 12. The first kappa shape index (κ1) is 98.6. The maximum Gasteiger partial charge on any atom is 3.00 e. The SMILES string of the molecule is O=S(=O)([O-])c1c2nc(c(S(=O)(=O)[O-])c3ccc([nH]3)c(S(=O)(=O)[O-])c3ccc([nH]3)c(S(=O)(=O)[O-])c3nc1C=C3)C=C2.O=S(=O)([O-])c1c2nc(c(S(=O)(=O)[O-])c3ccc([nH]3)c(S(=O)(=O)[O-])c3ccc([nH]3)c(S(=O)(=O)[O-])c3nc1C=C3)C=C2.O=S(=O)([O-])c1c2nc(c(S(=O)(=O)[O-])c3ccc([nH]3)c(S(=O)(=O)[O-])c3ccc([nH]3)c(S(=O)(=O)[O-])c3nc1C=C3)C=C2.[Cr+3].[Cr+3].[Cr+3].[Cr+3]. The van der Waals surface area contributed by atoms with Crippen LogP contribution in [0, 0.1) is 0 Å². The first-order valence-electron chi connectivity index (χ1n) is 31.1. The Hall–Kier alpha value is -9.15. The molecule has 0 atom stereocenters. The molecule has 0 spiro atoms. The molecule has 0 saturated heterocycles. The van der Waals surface area contributed by atoms with Crippen LogP contribution in [0.4, 0.5) is 0 Å². The van der Waals surface area contributed by atoms with Crippen molar-refractivity contribution in [2.75, 3.05) is 0 Å². The van der Waals surface area contributed by atoms with Crippen molar-refractivity contribution in [1.82, 2.24) is 59.8 Å². The number of hydrogen-bond donors (Lipinski definition) is 6. The second-order valence-electron chi connectivity index (χ2n) is 24.4. The molecule has 0 fully saturated rings. The Balaban J connectivity index is 0.000000207. The van der Waals surface area contributed by atoms with Crippen LogP contribution in [0.25, 0.3) is 139 Å². The third-order valence-electron chi connectivity index (χ3n) is 16.7. The molecule has 64 heteroatoms. The van der Waals surface area contributed by atoms with Gasteiger partial charge in [0.2, 0.25) is 0 Å². The molecule has 6 aliphatic heterocycles. The smallest absolute Gasteiger partial charge is 0.744 e. The molecule has 642 valence electrons. The third-order valence-corrected chi connectivity index (χ3v) is 27.8. The first-order valence-corrected chi connectivity index (χ1v) is 48.0. The van der Waals surface area contributed by atoms with Gasteiger partial charge in [-0.15, -0.1) is 0 Å². The van der Waals surface area contributed by atoms with Gasteiger partial charge in [-0.1, -0.05) is 0 Å². The van der Waals surface area contributed by atoms with Gasteiger partial charge in [0.15, 0.2) is 0 Å². The molecular formula is C60H30Cr4N12O36S12. The number of H-pyrrole nitrogens is 6. The predicted molar refractivity (Wildman–Crippen MR) is 392 cm³/mol. The van der Waals surface area contributed by atoms with E-state index in [1.54, 1.807) is 0 Å². The van der Waals surface area contributed by atoms with Crippen LogP contribution < -0.4 is 0 Å². The van der Waals surface area contributed by atoms with Crippen molar-refractivity contribution < 1.29 is 225 Å². The summed E-state index contributed by atoms with van der Waals surface area (Å²) in [6.07, 6.45) is 10.5. The fraction of sp³-hybridized carbons (Fsp3) is 0. The number of nitrogens with zero attached hydrogens (tertiary/aromatic N) is 6. The zero-order valence-electron chi connectivity index (χ0n) is 58.8. The molecule has 9 aromatic heterocycles. The van der Waals surface area contributed by atoms with Gasteiger partial charge in [0.25, 0.3) is 0 Å². The average molecular weight is 2090 g/mol. The minimum absolute atomic E-state index is 0. The Labute approximate surface area is 738 Å². The molecule has 15 heterocycles. The molecule has 0 aromatic carbocycles. The topological polar surface area (TPSA) is 858 Å². The van der Waals surface area contributed by atoms with Gasteiger partial charge in [-0.3, -0.25) is 0 Å². The van der Waals surface area contributed by atoms with Crippen LogP contribution in [0.2, 0.25) is 0 Å². The van der Waals surface area contributed by atoms with Gasteiger partial charge in [0.05, 0.1) is 135 Å². The second kappa shape index (κ2) is 33.9. The number of fused-ring (bicyclic) bond motifs is 24. The van der Waals surface area contributed by atoms with Gasteiger partial charge in [0, 0.05) is 0 Å². The zero-order chi connectivity index (χ0) is 88.2. The van der Waals surface area contributed by atoms with Crippen molar-refractivity contribution in [3.05, 3.63) is 141 Å². The summed E-state index contributed by atoms with van der Waals surface area (Å²) < 4.78 is 439. The van der Waals surface area contributed by atoms with Crippen LogP contribution >= 0.6 is 0 Å². The monoisotopic (exact) mass is 2090 g/mol. The molecule has 0 aliphatic carbocycles. The second-order valence-corrected chi connectivity index (χ2v) is 40.2. The predicted octanol–water partition coefficient (Wildman–Crippen LogP) is 0.806. The van der Waals surface area contributed by atoms with Gasteiger partial charge in [-0.25, -0.2) is 131 Å². The van der Waals surface area contributed by atoms with Crippen LogP contribution in [0.5, 0.6) is 0 Å². The largest absolute Gasteiger partial charge is 3.00 e. The standard InChI is InChI=1S/3C20H14N4O12S4.4Cr/c3*25-37(26,27)17-9-1-2-10(21-9)18(38(28,29)30)12-5-6-14(23-12)20(40(34,35)36)16-8-7-15(24-16)19(39(31,32)33)13-4-3-11(17)22-13;;;;/h3*1-8,21-22H,(H,25,26,27)(H,28,29,30)(H,31,32,33)(H,34,35,36);;;;/q;;;4*+3/p-12. The minimum atomic E-state index is -5.45. The summed E-state index contributed by atoms with van der Waals surface area (Å²) in [6.45, 7) is 0. The molecule has 24 bridgehead atoms. The molecule has 4 radical (unpaired) electrons. The van der Waals surface area contributed by atoms with Gasteiger partial charge >= 0.3 is 69.4 Å². The quantitative estimate of drug-likeness (QED) is 0.0922. The third kappa shape index (κ3) is 19.8. The Bertz CT molecular complexity index is 7360. The Morgan fingerprint density at radius 3 is 0.315 bits per heavy atom. The van der Waals surface area contributed by atoms with Crippen molar-refractivity contribution in [3.63, 3.8) is 0 Å². The fourth-order valence-corrected chi connectivity index (χ4v) is 21.6. The normalized spacial score (nSPS) is 13.6. The van der Waals surface area contributed by atoms with Gasteiger partial charge in [-0.2, -0.15) is 0 Å². The van der Waals surface area contributed by atoms with E-state index in [-0.39, 0.29) is 69.4 Å². The van der Waals surface area contributed by atoms with Crippen molar-refractivity contribution in [3.8, 4) is 0 Å². The summed E-state index contributed by atoms with van der Waals surface area (Å²) in [4.78, 5) is 23.5. The Morgan fingerprint density at radius 2 is 0.226 bits per heavy atom. The van der Waals surface area contributed by atoms with Crippen molar-refractivity contribution in [2.24, 2.45) is 0 Å². The van der Waals surface area contributed by atoms with Crippen LogP contribution in [0.1, 0.15) is 68.3 Å². The van der Waals surface area contributed by atoms with E-state index in [2.05, 4.69) is 59.8 Å². The van der Waals surface area contributed by atoms with Crippen LogP contribution in [-0.4, -0.2) is 215 Å². The molecule has 0 unspecified atom stereocenters. The van der Waals surface area contributed by atoms with Crippen LogP contribution in [0.3, 0.4) is 0 Å². The minimum Gasteiger partial charge on any atom is -0.744 e. The van der Waals surface area contributed by atoms with E-state index in [1.165, 1.54) is 0 Å². The Kier molecular flexibility index (Phi) is 27.0. The summed E-state index contributed by atoms with van der Waals surface area (Å²) in [7, 11) is -65.1. The van der Waals surface area contributed by atoms with E-state index in [0.29, 0.717) is 0 Å². The first-order chi connectivity index (χ1) is 55.1. The van der Waals surface area contributed by atoms with E-state index >= 15 is 0 Å². The molecule has 48 nitrogen and oxygen atoms in total. The zero-order valence-corrected chi connectivity index (χ0v) is 73.7. The maximum atomic E-state index is 12.2. The molecule has 6 aliphatic rings. The summed E-state index contributed by atoms with van der Waals surface area (Å²) in [5, 5.41) is 0. The molecule has 0 amide bonds. The summed E-state index contributed by atoms with van der Waals surface area (Å²) in [5.74, 6) is 0. The van der Waals surface area contributed by atoms with E-state index in [1.807, 2.05) is 0 Å². The van der Waals surface area contributed by atoms with Gasteiger partial charge in [0.1, 0.15) is 180 Å². The van der Waals surface area contributed by atoms with Crippen molar-refractivity contribution in [2.45, 2.75) is 58.7 Å². The summed E-state index contributed by atoms with van der Waals surface area (Å²) in [6, 6.07) is 11.0. The number of rotatable bonds is 12. The average Bonchev–Trinajstić information content (AvgIpc) is 1.60. The number of nitrogens with one attached hydrogen (secondary N) is 6. The molecule has 0 saturated carbocycles. The maximum absolute atomic E-state index is 12.2. The van der Waals surface area contributed by atoms with E-state index in [4.69, 9.17) is 0 Å². The number of hydrogen-bond acceptors (Lipinski definition) is 42. The fourth-order valence-electron chi connectivity index (χ4n) is 12.5. The van der Waals surface area contributed by atoms with E-state index in [9.17, 15) is 156 Å². The molecular weight excluding hydrogens is 2060 g/mol. The molecule has 9 aromatic rings. The Morgan fingerprint density at radius 1 is 0.145 bits per heavy atom. The summed E-state index contributed by atoms with van der Waals surface area (Å²) in [5.41, 5.74) is -14.8. The van der Waals surface area contributed by atoms with Gasteiger partial charge in [-0.05, 0) is 146 Å². The molecule has 6 N–H and O–H groups in total. The molecule has 15 rings (SSSR count). The van der Waals surface area contributed by atoms with E-state index in [0.717, 1.165) is 146 Å². The van der Waals surface area contributed by atoms with Crippen molar-refractivity contribution >= 4 is 261 Å². The van der Waals surface area contributed by atoms with E-state index < -0.39 is 315 Å². The van der Waals surface area contributed by atoms with Crippen molar-refractivity contribution in [1.29, 1.82) is 0 Å². The molecule has 124 heavy (non-hydrogen) atoms. The van der Waals surface area contributed by atoms with Crippen LogP contribution in [-0.2, 0) is 191 Å². The summed E-state index contributed by atoms with van der Waals surface area (Å²) >= 11 is 0. The van der Waals surface area contributed by atoms with Crippen LogP contribution in [0.15, 0.2) is 132 Å².